The van der Waals surface area contributed by atoms with Gasteiger partial charge in [0.15, 0.2) is 0 Å². The maximum absolute atomic E-state index is 3.49. The molecule has 0 N–H and O–H groups in total. The van der Waals surface area contributed by atoms with Crippen LogP contribution in [0, 0.1) is 5.41 Å². The van der Waals surface area contributed by atoms with E-state index in [0.29, 0.717) is 0 Å². The Balaban J connectivity index is 2.72. The van der Waals surface area contributed by atoms with E-state index in [-0.39, 0.29) is 0 Å². The molecule has 0 saturated heterocycles. The van der Waals surface area contributed by atoms with Crippen LogP contribution in [0.4, 0.5) is 0 Å². The van der Waals surface area contributed by atoms with Crippen LogP contribution in [0.2, 0.25) is 0 Å². The largest absolute Gasteiger partial charge is 0.435 e. The second kappa shape index (κ2) is 3.36. The third-order valence-corrected chi connectivity index (χ3v) is 1.59. The first-order valence-corrected chi connectivity index (χ1v) is 3.49. The average Bonchev–Trinajstić information content (AvgIpc) is 1.91. The van der Waals surface area contributed by atoms with Gasteiger partial charge in [0, 0.05) is 0 Å². The summed E-state index contributed by atoms with van der Waals surface area (Å²) in [7, 11) is 0. The Kier molecular flexibility index (Phi) is 2.40. The smallest absolute Gasteiger partial charge is 0.0236 e. The summed E-state index contributed by atoms with van der Waals surface area (Å²) in [5, 5.41) is 2.75. The molecule has 0 spiro atoms. The van der Waals surface area contributed by atoms with Gasteiger partial charge in [0.2, 0.25) is 0 Å². The van der Waals surface area contributed by atoms with Gasteiger partial charge in [-0.05, 0) is 4.90 Å². The SMILES string of the molecule is C=[C-]Sc1ccccc1. The molecule has 0 bridgehead atoms. The third kappa shape index (κ3) is 1.94. The van der Waals surface area contributed by atoms with Crippen LogP contribution in [0.15, 0.2) is 41.8 Å². The number of hydrogen-bond donors (Lipinski definition) is 0. The van der Waals surface area contributed by atoms with E-state index in [4.69, 9.17) is 0 Å². The van der Waals surface area contributed by atoms with Crippen molar-refractivity contribution in [3.63, 3.8) is 0 Å². The molecule has 0 aliphatic carbocycles. The van der Waals surface area contributed by atoms with E-state index in [0.717, 1.165) is 0 Å². The maximum atomic E-state index is 3.49. The maximum Gasteiger partial charge on any atom is -0.0236 e. The second-order valence-electron chi connectivity index (χ2n) is 1.56. The van der Waals surface area contributed by atoms with Gasteiger partial charge in [-0.15, -0.1) is 0 Å². The highest BCUT2D eigenvalue weighted by Gasteiger charge is 1.75. The molecule has 0 aliphatic heterocycles. The molecule has 0 unspecified atom stereocenters. The molecule has 0 nitrogen and oxygen atoms in total. The summed E-state index contributed by atoms with van der Waals surface area (Å²) >= 11 is 1.51. The van der Waals surface area contributed by atoms with E-state index in [1.54, 1.807) is 0 Å². The molecule has 0 radical (unpaired) electrons. The molecule has 0 saturated carbocycles. The van der Waals surface area contributed by atoms with Crippen LogP contribution < -0.4 is 0 Å². The summed E-state index contributed by atoms with van der Waals surface area (Å²) in [4.78, 5) is 1.19. The Morgan fingerprint density at radius 2 is 1.89 bits per heavy atom. The van der Waals surface area contributed by atoms with Gasteiger partial charge in [0.05, 0.1) is 0 Å². The predicted octanol–water partition coefficient (Wildman–Crippen LogP) is 2.73. The topological polar surface area (TPSA) is 0 Å². The summed E-state index contributed by atoms with van der Waals surface area (Å²) < 4.78 is 0. The van der Waals surface area contributed by atoms with Gasteiger partial charge in [0.25, 0.3) is 0 Å². The molecule has 0 aromatic heterocycles. The van der Waals surface area contributed by atoms with Crippen molar-refractivity contribution in [1.82, 2.24) is 0 Å². The van der Waals surface area contributed by atoms with Crippen molar-refractivity contribution in [1.29, 1.82) is 0 Å². The van der Waals surface area contributed by atoms with E-state index < -0.39 is 0 Å². The molecule has 1 rings (SSSR count). The Bertz CT molecular complexity index is 179. The van der Waals surface area contributed by atoms with Gasteiger partial charge in [-0.25, -0.2) is 0 Å². The first-order valence-electron chi connectivity index (χ1n) is 2.67. The Labute approximate surface area is 59.6 Å². The molecule has 1 heteroatoms. The first kappa shape index (κ1) is 6.43. The molecule has 1 aromatic carbocycles. The standard InChI is InChI=1S/C8H7S/c1-2-9-8-6-4-3-5-7-8/h3-7H,1H2/q-1. The molecule has 1 aromatic rings. The van der Waals surface area contributed by atoms with Crippen molar-refractivity contribution in [3.05, 3.63) is 42.3 Å². The number of benzene rings is 1. The van der Waals surface area contributed by atoms with Gasteiger partial charge in [0.1, 0.15) is 0 Å². The minimum atomic E-state index is 1.19. The molecule has 9 heavy (non-hydrogen) atoms. The minimum Gasteiger partial charge on any atom is -0.435 e. The Morgan fingerprint density at radius 1 is 1.22 bits per heavy atom. The van der Waals surface area contributed by atoms with Crippen LogP contribution in [0.5, 0.6) is 0 Å². The molecule has 46 valence electrons. The van der Waals surface area contributed by atoms with Crippen molar-refractivity contribution in [2.75, 3.05) is 0 Å². The van der Waals surface area contributed by atoms with Crippen LogP contribution in [0.25, 0.3) is 0 Å². The van der Waals surface area contributed by atoms with Crippen molar-refractivity contribution < 1.29 is 0 Å². The van der Waals surface area contributed by atoms with Crippen molar-refractivity contribution >= 4 is 11.8 Å². The second-order valence-corrected chi connectivity index (χ2v) is 2.52. The molecule has 0 heterocycles. The lowest BCUT2D eigenvalue weighted by atomic mass is 10.4. The van der Waals surface area contributed by atoms with Crippen LogP contribution in [0.3, 0.4) is 0 Å². The molecule has 0 fully saturated rings. The fourth-order valence-electron chi connectivity index (χ4n) is 0.572. The van der Waals surface area contributed by atoms with E-state index in [1.807, 2.05) is 30.3 Å². The quantitative estimate of drug-likeness (QED) is 0.444. The number of rotatable bonds is 2. The highest BCUT2D eigenvalue weighted by atomic mass is 32.2. The normalized spacial score (nSPS) is 8.89. The number of thioether (sulfide) groups is 1. The summed E-state index contributed by atoms with van der Waals surface area (Å²) in [5.41, 5.74) is 0. The molecular formula is C8H7S-. The lowest BCUT2D eigenvalue weighted by Gasteiger charge is -2.02. The summed E-state index contributed by atoms with van der Waals surface area (Å²) in [5.74, 6) is 0. The lowest BCUT2D eigenvalue weighted by Crippen LogP contribution is -1.62. The molecule has 0 atom stereocenters. The Hall–Kier alpha value is -0.690. The lowest BCUT2D eigenvalue weighted by molar-refractivity contribution is 1.47. The highest BCUT2D eigenvalue weighted by molar-refractivity contribution is 8.00. The summed E-state index contributed by atoms with van der Waals surface area (Å²) in [6, 6.07) is 10.1. The average molecular weight is 135 g/mol. The zero-order valence-electron chi connectivity index (χ0n) is 5.00. The fraction of sp³-hybridized carbons (Fsp3) is 0. The van der Waals surface area contributed by atoms with Gasteiger partial charge in [-0.2, -0.15) is 0 Å². The van der Waals surface area contributed by atoms with Gasteiger partial charge in [-0.3, -0.25) is 6.58 Å². The van der Waals surface area contributed by atoms with Crippen molar-refractivity contribution in [2.24, 2.45) is 0 Å². The van der Waals surface area contributed by atoms with Gasteiger partial charge < -0.3 is 17.2 Å². The van der Waals surface area contributed by atoms with Crippen molar-refractivity contribution in [2.45, 2.75) is 4.90 Å². The zero-order valence-corrected chi connectivity index (χ0v) is 5.82. The molecule has 0 aliphatic rings. The van der Waals surface area contributed by atoms with Crippen LogP contribution in [-0.4, -0.2) is 0 Å². The zero-order chi connectivity index (χ0) is 6.53. The van der Waals surface area contributed by atoms with Crippen LogP contribution >= 0.6 is 11.8 Å². The van der Waals surface area contributed by atoms with Crippen LogP contribution in [0.1, 0.15) is 0 Å². The molecule has 0 amide bonds. The monoisotopic (exact) mass is 135 g/mol. The van der Waals surface area contributed by atoms with Crippen LogP contribution in [-0.2, 0) is 0 Å². The third-order valence-electron chi connectivity index (χ3n) is 0.933. The van der Waals surface area contributed by atoms with E-state index in [2.05, 4.69) is 12.0 Å². The highest BCUT2D eigenvalue weighted by Crippen LogP contribution is 2.15. The predicted molar refractivity (Wildman–Crippen MR) is 41.2 cm³/mol. The fourth-order valence-corrected chi connectivity index (χ4v) is 1.03. The van der Waals surface area contributed by atoms with E-state index in [1.165, 1.54) is 16.7 Å². The number of hydrogen-bond acceptors (Lipinski definition) is 1. The summed E-state index contributed by atoms with van der Waals surface area (Å²) in [6.07, 6.45) is 0. The van der Waals surface area contributed by atoms with E-state index in [9.17, 15) is 0 Å². The van der Waals surface area contributed by atoms with Gasteiger partial charge in [-0.1, -0.05) is 30.3 Å². The Morgan fingerprint density at radius 3 is 2.44 bits per heavy atom. The van der Waals surface area contributed by atoms with Crippen molar-refractivity contribution in [3.8, 4) is 0 Å². The minimum absolute atomic E-state index is 1.19. The van der Waals surface area contributed by atoms with E-state index >= 15 is 0 Å². The summed E-state index contributed by atoms with van der Waals surface area (Å²) in [6.45, 7) is 3.49. The molecular weight excluding hydrogens is 128 g/mol. The van der Waals surface area contributed by atoms with Gasteiger partial charge >= 0.3 is 0 Å². The first-order chi connectivity index (χ1) is 4.43.